The van der Waals surface area contributed by atoms with Gasteiger partial charge in [-0.15, -0.1) is 13.2 Å². The maximum atomic E-state index is 11.2. The summed E-state index contributed by atoms with van der Waals surface area (Å²) in [4.78, 5) is 13.7. The minimum absolute atomic E-state index is 0. The summed E-state index contributed by atoms with van der Waals surface area (Å²) in [5.74, 6) is 4.01. The van der Waals surface area contributed by atoms with E-state index >= 15 is 0 Å². The summed E-state index contributed by atoms with van der Waals surface area (Å²) in [6.07, 6.45) is 11.2. The lowest BCUT2D eigenvalue weighted by Gasteiger charge is -2.50. The Bertz CT molecular complexity index is 1900. The van der Waals surface area contributed by atoms with Gasteiger partial charge in [0.25, 0.3) is 0 Å². The highest BCUT2D eigenvalue weighted by atomic mass is 32.3. The van der Waals surface area contributed by atoms with E-state index in [2.05, 4.69) is 45.1 Å². The summed E-state index contributed by atoms with van der Waals surface area (Å²) in [5.41, 5.74) is 3.69. The van der Waals surface area contributed by atoms with E-state index in [9.17, 15) is 10.2 Å². The van der Waals surface area contributed by atoms with Gasteiger partial charge in [0.2, 0.25) is 0 Å². The van der Waals surface area contributed by atoms with E-state index in [4.69, 9.17) is 27.0 Å². The molecule has 0 amide bonds. The van der Waals surface area contributed by atoms with Gasteiger partial charge in [-0.3, -0.25) is 28.9 Å². The lowest BCUT2D eigenvalue weighted by Crippen LogP contribution is -2.54. The van der Waals surface area contributed by atoms with Gasteiger partial charge in [0, 0.05) is 48.3 Å². The van der Waals surface area contributed by atoms with Gasteiger partial charge in [-0.1, -0.05) is 12.2 Å². The van der Waals surface area contributed by atoms with E-state index in [-0.39, 0.29) is 23.0 Å². The van der Waals surface area contributed by atoms with Gasteiger partial charge in [-0.05, 0) is 122 Å². The Kier molecular flexibility index (Phi) is 14.9. The van der Waals surface area contributed by atoms with Crippen molar-refractivity contribution < 1.29 is 48.2 Å². The van der Waals surface area contributed by atoms with E-state index in [0.717, 1.165) is 83.5 Å². The number of ether oxygens (including phenoxy) is 2. The van der Waals surface area contributed by atoms with Crippen LogP contribution in [0.5, 0.6) is 11.5 Å². The second-order valence-corrected chi connectivity index (χ2v) is 15.3. The summed E-state index contributed by atoms with van der Waals surface area (Å²) >= 11 is 0. The number of piperidine rings is 6. The number of rotatable bonds is 8. The summed E-state index contributed by atoms with van der Waals surface area (Å²) in [6.45, 7) is 12.1. The van der Waals surface area contributed by atoms with Crippen molar-refractivity contribution in [3.63, 3.8) is 0 Å². The molecule has 2 aromatic heterocycles. The zero-order chi connectivity index (χ0) is 37.9. The Hall–Kier alpha value is -4.03. The number of nitrogens with zero attached hydrogens (tertiary/aromatic N) is 4. The number of pyridine rings is 2. The normalized spacial score (nSPS) is 27.5. The first-order valence-electron chi connectivity index (χ1n) is 18.1. The van der Waals surface area contributed by atoms with E-state index in [1.54, 1.807) is 26.6 Å². The molecule has 2 aromatic carbocycles. The Labute approximate surface area is 322 Å². The molecule has 0 aliphatic carbocycles. The molecule has 0 saturated carbocycles. The number of aromatic nitrogens is 2. The molecule has 4 bridgehead atoms. The third-order valence-electron chi connectivity index (χ3n) is 11.6. The van der Waals surface area contributed by atoms with Crippen molar-refractivity contribution >= 4 is 32.2 Å². The highest BCUT2D eigenvalue weighted by Gasteiger charge is 2.43. The average Bonchev–Trinajstić information content (AvgIpc) is 3.19. The van der Waals surface area contributed by atoms with E-state index in [1.165, 1.54) is 12.8 Å². The first-order valence-corrected chi connectivity index (χ1v) is 19.5. The monoisotopic (exact) mass is 782 g/mol. The smallest absolute Gasteiger partial charge is 0.394 e. The van der Waals surface area contributed by atoms with Crippen LogP contribution in [-0.4, -0.2) is 111 Å². The van der Waals surface area contributed by atoms with Crippen LogP contribution < -0.4 is 9.47 Å². The van der Waals surface area contributed by atoms with Crippen molar-refractivity contribution in [1.29, 1.82) is 0 Å². The molecule has 0 spiro atoms. The molecular weight excluding hydrogens is 729 g/mol. The maximum absolute atomic E-state index is 11.2. The second-order valence-electron chi connectivity index (χ2n) is 14.4. The number of fused-ring (bicyclic) bond motifs is 8. The fourth-order valence-electron chi connectivity index (χ4n) is 8.89. The zero-order valence-corrected chi connectivity index (χ0v) is 32.1. The molecule has 6 aliphatic rings. The Morgan fingerprint density at radius 1 is 0.727 bits per heavy atom. The quantitative estimate of drug-likeness (QED) is 0.147. The summed E-state index contributed by atoms with van der Waals surface area (Å²) < 4.78 is 42.3. The highest BCUT2D eigenvalue weighted by molar-refractivity contribution is 7.79. The molecule has 6 aliphatic heterocycles. The van der Waals surface area contributed by atoms with Crippen molar-refractivity contribution in [3.05, 3.63) is 97.4 Å². The lowest BCUT2D eigenvalue weighted by molar-refractivity contribution is -0.0445. The highest BCUT2D eigenvalue weighted by Crippen LogP contribution is 2.43. The van der Waals surface area contributed by atoms with Gasteiger partial charge in [0.1, 0.15) is 11.5 Å². The number of hydrogen-bond donors (Lipinski definition) is 4. The number of aliphatic hydroxyl groups excluding tert-OH is 2. The number of hydrogen-bond acceptors (Lipinski definition) is 10. The fraction of sp³-hybridized carbons (Fsp3) is 0.450. The van der Waals surface area contributed by atoms with Crippen LogP contribution in [0.3, 0.4) is 0 Å². The van der Waals surface area contributed by atoms with Crippen LogP contribution >= 0.6 is 0 Å². The topological polar surface area (TPSA) is 229 Å². The molecule has 15 heteroatoms. The number of methoxy groups -OCH3 is 2. The van der Waals surface area contributed by atoms with Crippen LogP contribution in [0, 0.1) is 23.7 Å². The third-order valence-corrected chi connectivity index (χ3v) is 11.6. The van der Waals surface area contributed by atoms with Crippen molar-refractivity contribution in [1.82, 2.24) is 19.8 Å². The van der Waals surface area contributed by atoms with Crippen LogP contribution in [0.25, 0.3) is 21.8 Å². The van der Waals surface area contributed by atoms with Crippen LogP contribution in [0.15, 0.2) is 86.2 Å². The van der Waals surface area contributed by atoms with Crippen molar-refractivity contribution in [3.8, 4) is 11.5 Å². The molecule has 2 unspecified atom stereocenters. The minimum Gasteiger partial charge on any atom is -0.497 e. The molecule has 4 aromatic rings. The average molecular weight is 783 g/mol. The van der Waals surface area contributed by atoms with Crippen LogP contribution in [0.2, 0.25) is 0 Å². The molecule has 14 nitrogen and oxygen atoms in total. The Balaban J connectivity index is 0.000000211. The Morgan fingerprint density at radius 2 is 1.11 bits per heavy atom. The van der Waals surface area contributed by atoms with Gasteiger partial charge in [-0.25, -0.2) is 0 Å². The lowest BCUT2D eigenvalue weighted by atomic mass is 9.73. The van der Waals surface area contributed by atoms with Gasteiger partial charge >= 0.3 is 10.4 Å². The van der Waals surface area contributed by atoms with Crippen molar-refractivity contribution in [2.75, 3.05) is 40.4 Å². The van der Waals surface area contributed by atoms with E-state index < -0.39 is 22.6 Å². The Morgan fingerprint density at radius 3 is 1.42 bits per heavy atom. The first kappa shape index (κ1) is 43.7. The SMILES string of the molecule is C=C[C@H]1CN2CC[C@@H]1C[C@@H]2[C@@H](O)c1ccnc2ccc(OC)cc12.C=C[C@H]1CN2CC[C@@H]1C[C@@H]2[C@@H](O)c1ccnc2ccc(OC)cc12.O.O.O=S(=O)(O)O. The predicted molar refractivity (Wildman–Crippen MR) is 211 cm³/mol. The first-order chi connectivity index (χ1) is 25.4. The summed E-state index contributed by atoms with van der Waals surface area (Å²) in [6, 6.07) is 15.9. The zero-order valence-electron chi connectivity index (χ0n) is 31.2. The minimum atomic E-state index is -4.67. The third kappa shape index (κ3) is 9.86. The molecule has 8 N–H and O–H groups in total. The van der Waals surface area contributed by atoms with E-state index in [0.29, 0.717) is 23.7 Å². The van der Waals surface area contributed by atoms with E-state index in [1.807, 2.05) is 48.5 Å². The second kappa shape index (κ2) is 18.7. The molecule has 8 heterocycles. The molecule has 10 atom stereocenters. The maximum Gasteiger partial charge on any atom is 0.394 e. The predicted octanol–water partition coefficient (Wildman–Crippen LogP) is 4.04. The number of aliphatic hydroxyl groups is 2. The van der Waals surface area contributed by atoms with Crippen LogP contribution in [-0.2, 0) is 10.4 Å². The summed E-state index contributed by atoms with van der Waals surface area (Å²) in [5, 5.41) is 24.3. The van der Waals surface area contributed by atoms with Gasteiger partial charge in [0.15, 0.2) is 0 Å². The summed E-state index contributed by atoms with van der Waals surface area (Å²) in [7, 11) is -1.34. The van der Waals surface area contributed by atoms with Gasteiger partial charge in [-0.2, -0.15) is 8.42 Å². The van der Waals surface area contributed by atoms with Crippen molar-refractivity contribution in [2.24, 2.45) is 23.7 Å². The largest absolute Gasteiger partial charge is 0.497 e. The standard InChI is InChI=1S/2C20H24N2O2.H2O4S.2H2O/c2*1-3-13-12-22-9-7-14(13)10-19(22)20(23)16-6-8-21-18-5-4-15(24-2)11-17(16)18;1-5(2,3)4;;/h2*3-6,8,11,13-14,19-20,23H,1,7,9-10,12H2,2H3;(H2,1,2,3,4);2*1H2/t2*13-,14+,19+,20-;;;/m00.../s1. The molecule has 55 heavy (non-hydrogen) atoms. The van der Waals surface area contributed by atoms with Gasteiger partial charge < -0.3 is 30.6 Å². The fourth-order valence-corrected chi connectivity index (χ4v) is 8.89. The molecular formula is C40H54N4O10S. The molecule has 0 radical (unpaired) electrons. The van der Waals surface area contributed by atoms with Crippen LogP contribution in [0.4, 0.5) is 0 Å². The van der Waals surface area contributed by atoms with Gasteiger partial charge in [0.05, 0.1) is 37.5 Å². The van der Waals surface area contributed by atoms with Crippen LogP contribution in [0.1, 0.15) is 49.0 Å². The molecule has 6 fully saturated rings. The molecule has 300 valence electrons. The van der Waals surface area contributed by atoms with Crippen molar-refractivity contribution in [2.45, 2.75) is 50.0 Å². The molecule has 10 rings (SSSR count). The molecule has 6 saturated heterocycles. The number of benzene rings is 2.